The van der Waals surface area contributed by atoms with Crippen LogP contribution in [0.25, 0.3) is 0 Å². The van der Waals surface area contributed by atoms with Crippen LogP contribution < -0.4 is 20.1 Å². The van der Waals surface area contributed by atoms with Crippen LogP contribution in [0.2, 0.25) is 0 Å². The molecule has 0 aliphatic carbocycles. The SMILES string of the molecule is CCc1ccc(NC(=O)NCc2cc(OC)cc(OC)c2)cc1. The molecule has 0 atom stereocenters. The number of hydrogen-bond acceptors (Lipinski definition) is 3. The molecule has 0 aromatic heterocycles. The van der Waals surface area contributed by atoms with Gasteiger partial charge < -0.3 is 20.1 Å². The minimum atomic E-state index is -0.254. The van der Waals surface area contributed by atoms with E-state index in [2.05, 4.69) is 17.6 Å². The molecule has 0 fully saturated rings. The van der Waals surface area contributed by atoms with E-state index in [0.717, 1.165) is 17.7 Å². The van der Waals surface area contributed by atoms with Crippen LogP contribution >= 0.6 is 0 Å². The molecule has 2 aromatic rings. The van der Waals surface area contributed by atoms with Gasteiger partial charge in [0.15, 0.2) is 0 Å². The minimum absolute atomic E-state index is 0.254. The maximum absolute atomic E-state index is 12.0. The van der Waals surface area contributed by atoms with Crippen LogP contribution in [0.15, 0.2) is 42.5 Å². The number of rotatable bonds is 6. The zero-order valence-electron chi connectivity index (χ0n) is 13.7. The van der Waals surface area contributed by atoms with E-state index in [4.69, 9.17) is 9.47 Å². The fourth-order valence-electron chi connectivity index (χ4n) is 2.15. The van der Waals surface area contributed by atoms with Crippen molar-refractivity contribution in [3.63, 3.8) is 0 Å². The Bertz CT molecular complexity index is 632. The normalized spacial score (nSPS) is 10.0. The highest BCUT2D eigenvalue weighted by Gasteiger charge is 2.05. The van der Waals surface area contributed by atoms with Gasteiger partial charge in [-0.15, -0.1) is 0 Å². The summed E-state index contributed by atoms with van der Waals surface area (Å²) in [5.41, 5.74) is 2.90. The first-order chi connectivity index (χ1) is 11.1. The first kappa shape index (κ1) is 16.7. The molecule has 2 amide bonds. The van der Waals surface area contributed by atoms with Gasteiger partial charge in [-0.1, -0.05) is 19.1 Å². The summed E-state index contributed by atoms with van der Waals surface area (Å²) in [5.74, 6) is 1.38. The first-order valence-corrected chi connectivity index (χ1v) is 7.50. The van der Waals surface area contributed by atoms with E-state index in [-0.39, 0.29) is 6.03 Å². The predicted octanol–water partition coefficient (Wildman–Crippen LogP) is 3.59. The highest BCUT2D eigenvalue weighted by molar-refractivity contribution is 5.89. The highest BCUT2D eigenvalue weighted by atomic mass is 16.5. The van der Waals surface area contributed by atoms with Crippen molar-refractivity contribution in [3.8, 4) is 11.5 Å². The zero-order chi connectivity index (χ0) is 16.7. The summed E-state index contributed by atoms with van der Waals surface area (Å²) >= 11 is 0. The van der Waals surface area contributed by atoms with E-state index in [0.29, 0.717) is 18.0 Å². The van der Waals surface area contributed by atoms with Gasteiger partial charge in [0.25, 0.3) is 0 Å². The Labute approximate surface area is 136 Å². The summed E-state index contributed by atoms with van der Waals surface area (Å²) in [6.07, 6.45) is 0.976. The third kappa shape index (κ3) is 4.92. The number of amides is 2. The number of hydrogen-bond donors (Lipinski definition) is 2. The van der Waals surface area contributed by atoms with Crippen molar-refractivity contribution in [1.29, 1.82) is 0 Å². The van der Waals surface area contributed by atoms with Gasteiger partial charge in [-0.25, -0.2) is 4.79 Å². The predicted molar refractivity (Wildman–Crippen MR) is 91.2 cm³/mol. The molecule has 0 radical (unpaired) electrons. The Hall–Kier alpha value is -2.69. The van der Waals surface area contributed by atoms with Crippen LogP contribution in [0.1, 0.15) is 18.1 Å². The molecule has 122 valence electrons. The molecule has 5 heteroatoms. The summed E-state index contributed by atoms with van der Waals surface area (Å²) in [6.45, 7) is 2.48. The van der Waals surface area contributed by atoms with E-state index in [1.807, 2.05) is 36.4 Å². The van der Waals surface area contributed by atoms with Crippen LogP contribution in [-0.2, 0) is 13.0 Å². The highest BCUT2D eigenvalue weighted by Crippen LogP contribution is 2.22. The molecule has 5 nitrogen and oxygen atoms in total. The van der Waals surface area contributed by atoms with Crippen molar-refractivity contribution >= 4 is 11.7 Å². The van der Waals surface area contributed by atoms with Crippen molar-refractivity contribution in [2.45, 2.75) is 19.9 Å². The summed E-state index contributed by atoms with van der Waals surface area (Å²) < 4.78 is 10.4. The van der Waals surface area contributed by atoms with E-state index in [1.165, 1.54) is 5.56 Å². The number of aryl methyl sites for hydroxylation is 1. The van der Waals surface area contributed by atoms with Crippen molar-refractivity contribution in [1.82, 2.24) is 5.32 Å². The molecule has 0 heterocycles. The summed E-state index contributed by atoms with van der Waals surface area (Å²) in [5, 5.41) is 5.63. The lowest BCUT2D eigenvalue weighted by molar-refractivity contribution is 0.251. The summed E-state index contributed by atoms with van der Waals surface area (Å²) in [7, 11) is 3.19. The fourth-order valence-corrected chi connectivity index (χ4v) is 2.15. The van der Waals surface area contributed by atoms with Gasteiger partial charge >= 0.3 is 6.03 Å². The molecule has 0 saturated heterocycles. The topological polar surface area (TPSA) is 59.6 Å². The number of methoxy groups -OCH3 is 2. The molecule has 2 N–H and O–H groups in total. The molecule has 0 aliphatic rings. The number of ether oxygens (including phenoxy) is 2. The Kier molecular flexibility index (Phi) is 5.86. The summed E-state index contributed by atoms with van der Waals surface area (Å²) in [4.78, 5) is 12.0. The molecule has 23 heavy (non-hydrogen) atoms. The molecule has 0 spiro atoms. The molecule has 0 unspecified atom stereocenters. The van der Waals surface area contributed by atoms with Gasteiger partial charge in [0, 0.05) is 18.3 Å². The van der Waals surface area contributed by atoms with Crippen LogP contribution in [0.3, 0.4) is 0 Å². The maximum atomic E-state index is 12.0. The molecule has 2 aromatic carbocycles. The van der Waals surface area contributed by atoms with E-state index in [9.17, 15) is 4.79 Å². The molecule has 0 aliphatic heterocycles. The van der Waals surface area contributed by atoms with Gasteiger partial charge in [-0.3, -0.25) is 0 Å². The number of nitrogens with one attached hydrogen (secondary N) is 2. The van der Waals surface area contributed by atoms with Crippen LogP contribution in [0, 0.1) is 0 Å². The maximum Gasteiger partial charge on any atom is 0.319 e. The third-order valence-corrected chi connectivity index (χ3v) is 3.48. The minimum Gasteiger partial charge on any atom is -0.497 e. The lowest BCUT2D eigenvalue weighted by atomic mass is 10.1. The number of carbonyl (C=O) groups excluding carboxylic acids is 1. The van der Waals surface area contributed by atoms with Gasteiger partial charge in [0.05, 0.1) is 14.2 Å². The van der Waals surface area contributed by atoms with Gasteiger partial charge in [0.1, 0.15) is 11.5 Å². The van der Waals surface area contributed by atoms with E-state index in [1.54, 1.807) is 20.3 Å². The van der Waals surface area contributed by atoms with Crippen molar-refractivity contribution in [3.05, 3.63) is 53.6 Å². The first-order valence-electron chi connectivity index (χ1n) is 7.50. The lowest BCUT2D eigenvalue weighted by Gasteiger charge is -2.11. The van der Waals surface area contributed by atoms with Gasteiger partial charge in [-0.2, -0.15) is 0 Å². The number of carbonyl (C=O) groups is 1. The molecule has 0 bridgehead atoms. The quantitative estimate of drug-likeness (QED) is 0.856. The Morgan fingerprint density at radius 3 is 2.09 bits per heavy atom. The summed E-state index contributed by atoms with van der Waals surface area (Å²) in [6, 6.07) is 13.1. The second-order valence-electron chi connectivity index (χ2n) is 5.08. The Morgan fingerprint density at radius 1 is 0.957 bits per heavy atom. The van der Waals surface area contributed by atoms with Crippen molar-refractivity contribution in [2.75, 3.05) is 19.5 Å². The second kappa shape index (κ2) is 8.08. The van der Waals surface area contributed by atoms with Crippen molar-refractivity contribution in [2.24, 2.45) is 0 Å². The van der Waals surface area contributed by atoms with Gasteiger partial charge in [-0.05, 0) is 41.8 Å². The van der Waals surface area contributed by atoms with Crippen LogP contribution in [-0.4, -0.2) is 20.3 Å². The molecular weight excluding hydrogens is 292 g/mol. The Morgan fingerprint density at radius 2 is 1.57 bits per heavy atom. The molecule has 2 rings (SSSR count). The third-order valence-electron chi connectivity index (χ3n) is 3.48. The number of anilines is 1. The number of benzene rings is 2. The Balaban J connectivity index is 1.93. The zero-order valence-corrected chi connectivity index (χ0v) is 13.7. The standard InChI is InChI=1S/C18H22N2O3/c1-4-13-5-7-15(8-6-13)20-18(21)19-12-14-9-16(22-2)11-17(10-14)23-3/h5-11H,4,12H2,1-3H3,(H2,19,20,21). The second-order valence-corrected chi connectivity index (χ2v) is 5.08. The molecular formula is C18H22N2O3. The fraction of sp³-hybridized carbons (Fsp3) is 0.278. The van der Waals surface area contributed by atoms with Crippen molar-refractivity contribution < 1.29 is 14.3 Å². The smallest absolute Gasteiger partial charge is 0.319 e. The average Bonchev–Trinajstić information content (AvgIpc) is 2.60. The van der Waals surface area contributed by atoms with Crippen LogP contribution in [0.4, 0.5) is 10.5 Å². The number of urea groups is 1. The van der Waals surface area contributed by atoms with E-state index < -0.39 is 0 Å². The monoisotopic (exact) mass is 314 g/mol. The van der Waals surface area contributed by atoms with Crippen LogP contribution in [0.5, 0.6) is 11.5 Å². The average molecular weight is 314 g/mol. The molecule has 0 saturated carbocycles. The lowest BCUT2D eigenvalue weighted by Crippen LogP contribution is -2.28. The van der Waals surface area contributed by atoms with E-state index >= 15 is 0 Å². The largest absolute Gasteiger partial charge is 0.497 e. The van der Waals surface area contributed by atoms with Gasteiger partial charge in [0.2, 0.25) is 0 Å².